The molecule has 28 heavy (non-hydrogen) atoms. The molecule has 1 nitrogen and oxygen atoms in total. The van der Waals surface area contributed by atoms with Crippen LogP contribution in [0, 0.1) is 11.8 Å². The third-order valence-electron chi connectivity index (χ3n) is 5.41. The molecule has 3 rings (SSSR count). The lowest BCUT2D eigenvalue weighted by Crippen LogP contribution is -2.39. The van der Waals surface area contributed by atoms with E-state index in [1.165, 1.54) is 5.70 Å². The highest BCUT2D eigenvalue weighted by Gasteiger charge is 2.29. The highest BCUT2D eigenvalue weighted by atomic mass is 15.2. The molecular weight excluding hydrogens is 338 g/mol. The molecule has 1 aromatic carbocycles. The number of hydrogen-bond acceptors (Lipinski definition) is 1. The molecule has 0 amide bonds. The fourth-order valence-corrected chi connectivity index (χ4v) is 3.98. The maximum absolute atomic E-state index is 4.29. The van der Waals surface area contributed by atoms with Gasteiger partial charge in [-0.15, -0.1) is 6.58 Å². The molecule has 0 heterocycles. The average molecular weight is 368 g/mol. The van der Waals surface area contributed by atoms with Gasteiger partial charge >= 0.3 is 0 Å². The first-order chi connectivity index (χ1) is 13.6. The van der Waals surface area contributed by atoms with Crippen LogP contribution < -0.4 is 4.90 Å². The van der Waals surface area contributed by atoms with Crippen LogP contribution in [0.25, 0.3) is 12.2 Å². The van der Waals surface area contributed by atoms with Crippen LogP contribution in [0.4, 0.5) is 5.69 Å². The molecule has 1 aromatic rings. The van der Waals surface area contributed by atoms with Gasteiger partial charge in [-0.1, -0.05) is 93.5 Å². The van der Waals surface area contributed by atoms with E-state index in [2.05, 4.69) is 92.8 Å². The van der Waals surface area contributed by atoms with E-state index in [1.807, 2.05) is 24.3 Å². The third-order valence-corrected chi connectivity index (χ3v) is 5.41. The number of benzene rings is 1. The van der Waals surface area contributed by atoms with Gasteiger partial charge in [-0.3, -0.25) is 0 Å². The van der Waals surface area contributed by atoms with Crippen molar-refractivity contribution < 1.29 is 0 Å². The van der Waals surface area contributed by atoms with Gasteiger partial charge in [-0.25, -0.2) is 0 Å². The Labute approximate surface area is 169 Å². The molecule has 2 aliphatic rings. The van der Waals surface area contributed by atoms with Gasteiger partial charge in [0.15, 0.2) is 0 Å². The molecule has 0 fully saturated rings. The first kappa shape index (κ1) is 19.7. The first-order valence-corrected chi connectivity index (χ1v) is 9.82. The van der Waals surface area contributed by atoms with Crippen molar-refractivity contribution in [3.8, 4) is 0 Å². The van der Waals surface area contributed by atoms with E-state index in [-0.39, 0.29) is 12.0 Å². The van der Waals surface area contributed by atoms with Crippen molar-refractivity contribution in [3.63, 3.8) is 0 Å². The second-order valence-electron chi connectivity index (χ2n) is 7.34. The number of rotatable bonds is 7. The summed E-state index contributed by atoms with van der Waals surface area (Å²) in [6.45, 7) is 18.8. The molecular formula is C27H29N. The van der Waals surface area contributed by atoms with E-state index in [4.69, 9.17) is 0 Å². The molecule has 142 valence electrons. The van der Waals surface area contributed by atoms with Gasteiger partial charge in [0.2, 0.25) is 0 Å². The van der Waals surface area contributed by atoms with E-state index in [0.29, 0.717) is 5.92 Å². The van der Waals surface area contributed by atoms with Crippen LogP contribution in [0.3, 0.4) is 0 Å². The Balaban J connectivity index is 2.20. The fraction of sp³-hybridized carbons (Fsp3) is 0.185. The zero-order chi connectivity index (χ0) is 20.1. The lowest BCUT2D eigenvalue weighted by molar-refractivity contribution is 0.625. The van der Waals surface area contributed by atoms with Gasteiger partial charge in [0.05, 0.1) is 6.04 Å². The molecule has 0 saturated heterocycles. The summed E-state index contributed by atoms with van der Waals surface area (Å²) in [5.74, 6) is 0.645. The molecule has 3 unspecified atom stereocenters. The number of nitrogens with zero attached hydrogens (tertiary/aromatic N) is 1. The van der Waals surface area contributed by atoms with Gasteiger partial charge in [0.25, 0.3) is 0 Å². The standard InChI is InChI=1S/C27H29N/c1-6-22-15-12-18-27(24(22)7-2)28(23-16-11-13-20(4)19-23)26(8-3)25-17-10-9-14-21(25)5/h6-12,14-20,25-26H,1-3,5,13H2,4H3. The average Bonchev–Trinajstić information content (AvgIpc) is 2.72. The Bertz CT molecular complexity index is 906. The van der Waals surface area contributed by atoms with Crippen molar-refractivity contribution in [1.82, 2.24) is 0 Å². The zero-order valence-electron chi connectivity index (χ0n) is 16.7. The van der Waals surface area contributed by atoms with E-state index >= 15 is 0 Å². The maximum Gasteiger partial charge on any atom is 0.0622 e. The number of anilines is 1. The first-order valence-electron chi connectivity index (χ1n) is 9.82. The summed E-state index contributed by atoms with van der Waals surface area (Å²) in [5, 5.41) is 0. The highest BCUT2D eigenvalue weighted by molar-refractivity contribution is 5.78. The van der Waals surface area contributed by atoms with Gasteiger partial charge in [-0.05, 0) is 35.6 Å². The summed E-state index contributed by atoms with van der Waals surface area (Å²) < 4.78 is 0. The largest absolute Gasteiger partial charge is 0.333 e. The van der Waals surface area contributed by atoms with Crippen LogP contribution in [0.5, 0.6) is 0 Å². The van der Waals surface area contributed by atoms with Crippen molar-refractivity contribution in [2.45, 2.75) is 19.4 Å². The summed E-state index contributed by atoms with van der Waals surface area (Å²) in [7, 11) is 0. The summed E-state index contributed by atoms with van der Waals surface area (Å²) in [5.41, 5.74) is 5.54. The fourth-order valence-electron chi connectivity index (χ4n) is 3.98. The Hall–Kier alpha value is -3.06. The summed E-state index contributed by atoms with van der Waals surface area (Å²) >= 11 is 0. The molecule has 0 bridgehead atoms. The molecule has 1 heteroatoms. The smallest absolute Gasteiger partial charge is 0.0622 e. The molecule has 0 spiro atoms. The minimum absolute atomic E-state index is 0.0358. The van der Waals surface area contributed by atoms with Crippen molar-refractivity contribution in [3.05, 3.63) is 116 Å². The van der Waals surface area contributed by atoms with E-state index in [1.54, 1.807) is 0 Å². The van der Waals surface area contributed by atoms with Crippen LogP contribution in [0.15, 0.2) is 104 Å². The lowest BCUT2D eigenvalue weighted by atomic mass is 9.86. The van der Waals surface area contributed by atoms with Gasteiger partial charge in [-0.2, -0.15) is 0 Å². The molecule has 3 atom stereocenters. The van der Waals surface area contributed by atoms with Crippen LogP contribution in [-0.4, -0.2) is 6.04 Å². The molecule has 0 N–H and O–H groups in total. The quantitative estimate of drug-likeness (QED) is 0.464. The van der Waals surface area contributed by atoms with Crippen LogP contribution >= 0.6 is 0 Å². The molecule has 0 radical (unpaired) electrons. The topological polar surface area (TPSA) is 3.24 Å². The van der Waals surface area contributed by atoms with Crippen LogP contribution in [-0.2, 0) is 0 Å². The molecule has 2 aliphatic carbocycles. The Kier molecular flexibility index (Phi) is 6.16. The van der Waals surface area contributed by atoms with E-state index in [0.717, 1.165) is 28.8 Å². The second kappa shape index (κ2) is 8.75. The predicted molar refractivity (Wildman–Crippen MR) is 125 cm³/mol. The zero-order valence-corrected chi connectivity index (χ0v) is 16.7. The summed E-state index contributed by atoms with van der Waals surface area (Å²) in [6.07, 6.45) is 22.1. The van der Waals surface area contributed by atoms with Gasteiger partial charge in [0, 0.05) is 22.9 Å². The third kappa shape index (κ3) is 3.80. The minimum Gasteiger partial charge on any atom is -0.333 e. The molecule has 0 aliphatic heterocycles. The van der Waals surface area contributed by atoms with Crippen molar-refractivity contribution >= 4 is 17.8 Å². The Morgan fingerprint density at radius 3 is 2.57 bits per heavy atom. The van der Waals surface area contributed by atoms with Crippen LogP contribution in [0.1, 0.15) is 24.5 Å². The van der Waals surface area contributed by atoms with Crippen molar-refractivity contribution in [1.29, 1.82) is 0 Å². The second-order valence-corrected chi connectivity index (χ2v) is 7.34. The predicted octanol–water partition coefficient (Wildman–Crippen LogP) is 7.11. The Morgan fingerprint density at radius 1 is 1.11 bits per heavy atom. The van der Waals surface area contributed by atoms with E-state index in [9.17, 15) is 0 Å². The normalized spacial score (nSPS) is 21.8. The number of hydrogen-bond donors (Lipinski definition) is 0. The van der Waals surface area contributed by atoms with Gasteiger partial charge < -0.3 is 4.90 Å². The molecule has 0 saturated carbocycles. The SMILES string of the molecule is C=Cc1cccc(N(C2=CC(C)CC=C2)C(C=C)C2C=CC=CC2=C)c1C=C. The highest BCUT2D eigenvalue weighted by Crippen LogP contribution is 2.37. The minimum atomic E-state index is 0.0358. The summed E-state index contributed by atoms with van der Waals surface area (Å²) in [6, 6.07) is 6.34. The lowest BCUT2D eigenvalue weighted by Gasteiger charge is -2.39. The van der Waals surface area contributed by atoms with Crippen molar-refractivity contribution in [2.75, 3.05) is 4.90 Å². The van der Waals surface area contributed by atoms with Crippen LogP contribution in [0.2, 0.25) is 0 Å². The number of allylic oxidation sites excluding steroid dienone is 6. The monoisotopic (exact) mass is 367 g/mol. The molecule has 0 aromatic heterocycles. The van der Waals surface area contributed by atoms with Crippen molar-refractivity contribution in [2.24, 2.45) is 11.8 Å². The summed E-state index contributed by atoms with van der Waals surface area (Å²) in [4.78, 5) is 2.38. The van der Waals surface area contributed by atoms with Gasteiger partial charge in [0.1, 0.15) is 0 Å². The maximum atomic E-state index is 4.29. The van der Waals surface area contributed by atoms with E-state index < -0.39 is 0 Å². The Morgan fingerprint density at radius 2 is 1.93 bits per heavy atom.